The summed E-state index contributed by atoms with van der Waals surface area (Å²) in [4.78, 5) is 25.1. The Hall–Kier alpha value is -1.88. The molecule has 0 saturated carbocycles. The molecule has 2 aliphatic rings. The molecule has 0 aliphatic carbocycles. The molecule has 1 aromatic carbocycles. The Balaban J connectivity index is 1.92. The van der Waals surface area contributed by atoms with E-state index in [1.54, 1.807) is 11.0 Å². The number of hydrogen-bond donors (Lipinski definition) is 2. The topological polar surface area (TPSA) is 69.6 Å². The van der Waals surface area contributed by atoms with Crippen LogP contribution in [0.1, 0.15) is 22.3 Å². The van der Waals surface area contributed by atoms with Gasteiger partial charge in [-0.25, -0.2) is 0 Å². The second-order valence-electron chi connectivity index (χ2n) is 4.78. The maximum absolute atomic E-state index is 11.8. The van der Waals surface area contributed by atoms with Crippen molar-refractivity contribution in [1.29, 1.82) is 0 Å². The number of amides is 2. The Morgan fingerprint density at radius 3 is 2.94 bits per heavy atom. The van der Waals surface area contributed by atoms with Gasteiger partial charge in [0.2, 0.25) is 5.91 Å². The van der Waals surface area contributed by atoms with Crippen LogP contribution < -0.4 is 10.2 Å². The highest BCUT2D eigenvalue weighted by Gasteiger charge is 2.31. The van der Waals surface area contributed by atoms with Gasteiger partial charge >= 0.3 is 0 Å². The van der Waals surface area contributed by atoms with Crippen molar-refractivity contribution < 1.29 is 14.7 Å². The number of carbonyl (C=O) groups excluding carboxylic acids is 2. The summed E-state index contributed by atoms with van der Waals surface area (Å²) >= 11 is 0. The van der Waals surface area contributed by atoms with Crippen molar-refractivity contribution in [3.05, 3.63) is 29.3 Å². The molecule has 1 unspecified atom stereocenters. The van der Waals surface area contributed by atoms with Crippen molar-refractivity contribution >= 4 is 17.5 Å². The number of aliphatic hydroxyl groups excluding tert-OH is 1. The number of rotatable bonds is 2. The van der Waals surface area contributed by atoms with Crippen molar-refractivity contribution in [1.82, 2.24) is 5.32 Å². The first-order valence-electron chi connectivity index (χ1n) is 6.01. The highest BCUT2D eigenvalue weighted by atomic mass is 16.3. The first kappa shape index (κ1) is 11.2. The zero-order valence-electron chi connectivity index (χ0n) is 9.85. The van der Waals surface area contributed by atoms with Gasteiger partial charge in [-0.2, -0.15) is 0 Å². The van der Waals surface area contributed by atoms with Gasteiger partial charge in [-0.1, -0.05) is 6.07 Å². The van der Waals surface area contributed by atoms with Gasteiger partial charge in [0.1, 0.15) is 0 Å². The Morgan fingerprint density at radius 2 is 2.22 bits per heavy atom. The second-order valence-corrected chi connectivity index (χ2v) is 4.78. The van der Waals surface area contributed by atoms with Crippen LogP contribution in [-0.2, 0) is 11.3 Å². The summed E-state index contributed by atoms with van der Waals surface area (Å²) in [6.07, 6.45) is 0.375. The number of hydrogen-bond acceptors (Lipinski definition) is 3. The van der Waals surface area contributed by atoms with Gasteiger partial charge < -0.3 is 15.3 Å². The fraction of sp³-hybridized carbons (Fsp3) is 0.385. The third-order valence-electron chi connectivity index (χ3n) is 3.55. The first-order chi connectivity index (χ1) is 8.69. The lowest BCUT2D eigenvalue weighted by atomic mass is 10.1. The van der Waals surface area contributed by atoms with Crippen LogP contribution >= 0.6 is 0 Å². The molecule has 2 aliphatic heterocycles. The molecule has 0 spiro atoms. The quantitative estimate of drug-likeness (QED) is 0.787. The molecule has 3 rings (SSSR count). The lowest BCUT2D eigenvalue weighted by Crippen LogP contribution is -2.25. The minimum absolute atomic E-state index is 0.000388. The van der Waals surface area contributed by atoms with Crippen molar-refractivity contribution in [2.75, 3.05) is 18.1 Å². The van der Waals surface area contributed by atoms with Crippen LogP contribution in [0.25, 0.3) is 0 Å². The molecule has 94 valence electrons. The van der Waals surface area contributed by atoms with Crippen LogP contribution in [0.2, 0.25) is 0 Å². The number of aliphatic hydroxyl groups is 1. The van der Waals surface area contributed by atoms with E-state index in [2.05, 4.69) is 5.32 Å². The van der Waals surface area contributed by atoms with Crippen molar-refractivity contribution in [3.8, 4) is 0 Å². The van der Waals surface area contributed by atoms with Gasteiger partial charge in [-0.15, -0.1) is 0 Å². The average molecular weight is 246 g/mol. The normalized spacial score (nSPS) is 22.3. The highest BCUT2D eigenvalue weighted by Crippen LogP contribution is 2.28. The van der Waals surface area contributed by atoms with Gasteiger partial charge in [-0.05, 0) is 17.7 Å². The van der Waals surface area contributed by atoms with E-state index in [4.69, 9.17) is 5.11 Å². The smallest absolute Gasteiger partial charge is 0.251 e. The maximum Gasteiger partial charge on any atom is 0.251 e. The molecular formula is C13H14N2O3. The summed E-state index contributed by atoms with van der Waals surface area (Å²) in [6, 6.07) is 5.49. The molecule has 2 N–H and O–H groups in total. The zero-order valence-corrected chi connectivity index (χ0v) is 9.85. The number of anilines is 1. The van der Waals surface area contributed by atoms with Crippen LogP contribution in [0.3, 0.4) is 0 Å². The van der Waals surface area contributed by atoms with Gasteiger partial charge in [-0.3, -0.25) is 9.59 Å². The predicted octanol–water partition coefficient (Wildman–Crippen LogP) is 0.275. The fourth-order valence-electron chi connectivity index (χ4n) is 2.52. The standard InChI is InChI=1S/C13H14N2O3/c16-7-8-3-12(17)15(6-8)10-2-1-9-5-14-13(18)11(9)4-10/h1-2,4,8,16H,3,5-7H2,(H,14,18). The Labute approximate surface area is 104 Å². The van der Waals surface area contributed by atoms with E-state index in [1.165, 1.54) is 0 Å². The van der Waals surface area contributed by atoms with E-state index in [0.29, 0.717) is 25.1 Å². The molecular weight excluding hydrogens is 232 g/mol. The Morgan fingerprint density at radius 1 is 1.39 bits per heavy atom. The molecule has 1 aromatic rings. The van der Waals surface area contributed by atoms with E-state index in [1.807, 2.05) is 12.1 Å². The van der Waals surface area contributed by atoms with Gasteiger partial charge in [0.15, 0.2) is 0 Å². The average Bonchev–Trinajstić information content (AvgIpc) is 2.93. The van der Waals surface area contributed by atoms with Crippen LogP contribution in [0, 0.1) is 5.92 Å². The predicted molar refractivity (Wildman–Crippen MR) is 65.2 cm³/mol. The Bertz CT molecular complexity index is 527. The summed E-state index contributed by atoms with van der Waals surface area (Å²) in [5.74, 6) is -0.0795. The first-order valence-corrected chi connectivity index (χ1v) is 6.01. The van der Waals surface area contributed by atoms with Crippen molar-refractivity contribution in [2.45, 2.75) is 13.0 Å². The van der Waals surface area contributed by atoms with Crippen LogP contribution in [0.4, 0.5) is 5.69 Å². The minimum Gasteiger partial charge on any atom is -0.396 e. The summed E-state index contributed by atoms with van der Waals surface area (Å²) < 4.78 is 0. The van der Waals surface area contributed by atoms with Gasteiger partial charge in [0.05, 0.1) is 0 Å². The largest absolute Gasteiger partial charge is 0.396 e. The van der Waals surface area contributed by atoms with E-state index in [-0.39, 0.29) is 24.3 Å². The molecule has 1 fully saturated rings. The molecule has 1 saturated heterocycles. The fourth-order valence-corrected chi connectivity index (χ4v) is 2.52. The van der Waals surface area contributed by atoms with E-state index < -0.39 is 0 Å². The zero-order chi connectivity index (χ0) is 12.7. The molecule has 0 aromatic heterocycles. The van der Waals surface area contributed by atoms with E-state index >= 15 is 0 Å². The van der Waals surface area contributed by atoms with Crippen LogP contribution in [0.15, 0.2) is 18.2 Å². The van der Waals surface area contributed by atoms with E-state index in [0.717, 1.165) is 11.3 Å². The summed E-state index contributed by atoms with van der Waals surface area (Å²) in [7, 11) is 0. The summed E-state index contributed by atoms with van der Waals surface area (Å²) in [5, 5.41) is 11.9. The molecule has 2 amide bonds. The maximum atomic E-state index is 11.8. The minimum atomic E-state index is -0.0859. The number of nitrogens with one attached hydrogen (secondary N) is 1. The second kappa shape index (κ2) is 4.10. The number of benzene rings is 1. The van der Waals surface area contributed by atoms with Gasteiger partial charge in [0.25, 0.3) is 5.91 Å². The summed E-state index contributed by atoms with van der Waals surface area (Å²) in [6.45, 7) is 1.10. The number of nitrogens with zero attached hydrogens (tertiary/aromatic N) is 1. The number of carbonyl (C=O) groups is 2. The van der Waals surface area contributed by atoms with E-state index in [9.17, 15) is 9.59 Å². The highest BCUT2D eigenvalue weighted by molar-refractivity contribution is 6.01. The lowest BCUT2D eigenvalue weighted by molar-refractivity contribution is -0.117. The Kier molecular flexibility index (Phi) is 2.56. The molecule has 0 radical (unpaired) electrons. The lowest BCUT2D eigenvalue weighted by Gasteiger charge is -2.17. The number of fused-ring (bicyclic) bond motifs is 1. The molecule has 18 heavy (non-hydrogen) atoms. The molecule has 5 nitrogen and oxygen atoms in total. The SMILES string of the molecule is O=C1NCc2ccc(N3CC(CO)CC3=O)cc21. The molecule has 5 heteroatoms. The monoisotopic (exact) mass is 246 g/mol. The van der Waals surface area contributed by atoms with Gasteiger partial charge in [0, 0.05) is 43.3 Å². The van der Waals surface area contributed by atoms with Crippen molar-refractivity contribution in [2.24, 2.45) is 5.92 Å². The molecule has 2 heterocycles. The summed E-state index contributed by atoms with van der Waals surface area (Å²) in [5.41, 5.74) is 2.36. The van der Waals surface area contributed by atoms with Crippen LogP contribution in [0.5, 0.6) is 0 Å². The third-order valence-corrected chi connectivity index (χ3v) is 3.55. The molecule has 1 atom stereocenters. The molecule has 0 bridgehead atoms. The van der Waals surface area contributed by atoms with Crippen LogP contribution in [-0.4, -0.2) is 30.1 Å². The third kappa shape index (κ3) is 1.67. The van der Waals surface area contributed by atoms with Crippen molar-refractivity contribution in [3.63, 3.8) is 0 Å².